The van der Waals surface area contributed by atoms with Crippen molar-refractivity contribution >= 4 is 45.2 Å². The largest absolute Gasteiger partial charge is 0.505 e. The van der Waals surface area contributed by atoms with Gasteiger partial charge in [0.05, 0.1) is 8.91 Å². The third kappa shape index (κ3) is 3.16. The molecule has 2 heterocycles. The maximum Gasteiger partial charge on any atom is 0.335 e. The highest BCUT2D eigenvalue weighted by Gasteiger charge is 2.26. The van der Waals surface area contributed by atoms with E-state index in [1.165, 1.54) is 35.4 Å². The first kappa shape index (κ1) is 16.2. The van der Waals surface area contributed by atoms with Gasteiger partial charge in [-0.05, 0) is 18.2 Å². The van der Waals surface area contributed by atoms with Gasteiger partial charge in [-0.2, -0.15) is 4.99 Å². The maximum absolute atomic E-state index is 11.2. The third-order valence-corrected chi connectivity index (χ3v) is 5.38. The van der Waals surface area contributed by atoms with Gasteiger partial charge >= 0.3 is 5.97 Å². The molecule has 0 radical (unpaired) electrons. The van der Waals surface area contributed by atoms with Crippen LogP contribution in [0.25, 0.3) is 10.1 Å². The summed E-state index contributed by atoms with van der Waals surface area (Å²) in [5, 5.41) is 20.0. The highest BCUT2D eigenvalue weighted by molar-refractivity contribution is 8.01. The topological polar surface area (TPSA) is 99.9 Å². The average molecular weight is 358 g/mol. The van der Waals surface area contributed by atoms with Crippen LogP contribution in [0.4, 0.5) is 0 Å². The Bertz CT molecular complexity index is 947. The Balaban J connectivity index is 2.03. The van der Waals surface area contributed by atoms with E-state index in [2.05, 4.69) is 9.98 Å². The molecule has 2 N–H and O–H groups in total. The van der Waals surface area contributed by atoms with Crippen LogP contribution in [0.3, 0.4) is 0 Å². The maximum atomic E-state index is 11.2. The third-order valence-electron chi connectivity index (χ3n) is 3.19. The summed E-state index contributed by atoms with van der Waals surface area (Å²) in [6, 6.07) is 9.93. The quantitative estimate of drug-likeness (QED) is 0.534. The highest BCUT2D eigenvalue weighted by atomic mass is 32.2. The molecule has 1 aromatic carbocycles. The number of aliphatic carboxylic acids is 1. The summed E-state index contributed by atoms with van der Waals surface area (Å²) in [6.45, 7) is 0. The van der Waals surface area contributed by atoms with Crippen molar-refractivity contribution in [2.45, 2.75) is 15.1 Å². The molecule has 0 aliphatic heterocycles. The van der Waals surface area contributed by atoms with Crippen molar-refractivity contribution in [2.75, 3.05) is 0 Å². The monoisotopic (exact) mass is 358 g/mol. The first-order valence-electron chi connectivity index (χ1n) is 6.74. The summed E-state index contributed by atoms with van der Waals surface area (Å²) in [5.41, 5.74) is -0.174. The molecular formula is C16H10N2O4S2. The van der Waals surface area contributed by atoms with Crippen molar-refractivity contribution in [3.63, 3.8) is 0 Å². The van der Waals surface area contributed by atoms with Crippen LogP contribution in [0, 0.1) is 0 Å². The van der Waals surface area contributed by atoms with Gasteiger partial charge in [-0.25, -0.2) is 9.59 Å². The summed E-state index contributed by atoms with van der Waals surface area (Å²) >= 11 is 2.96. The molecule has 24 heavy (non-hydrogen) atoms. The minimum atomic E-state index is -1.57. The number of carboxylic acids is 1. The predicted molar refractivity (Wildman–Crippen MR) is 90.3 cm³/mol. The Morgan fingerprint density at radius 3 is 2.75 bits per heavy atom. The Labute approximate surface area is 144 Å². The fourth-order valence-corrected chi connectivity index (χ4v) is 4.32. The van der Waals surface area contributed by atoms with Gasteiger partial charge < -0.3 is 10.2 Å². The minimum Gasteiger partial charge on any atom is -0.505 e. The lowest BCUT2D eigenvalue weighted by molar-refractivity contribution is -0.138. The standard InChI is InChI=1S/C16H10N2O4S2/c19-8-18-14(16(21)22)13-15(20)10-6-12(24-11(10)7-17-13)23-9-4-2-1-3-5-9/h1-7,14,20H,(H,21,22). The highest BCUT2D eigenvalue weighted by Crippen LogP contribution is 2.41. The van der Waals surface area contributed by atoms with Gasteiger partial charge in [0.15, 0.2) is 0 Å². The van der Waals surface area contributed by atoms with Crippen LogP contribution in [-0.4, -0.2) is 27.2 Å². The Hall–Kier alpha value is -2.67. The Kier molecular flexibility index (Phi) is 4.61. The summed E-state index contributed by atoms with van der Waals surface area (Å²) in [5.74, 6) is -1.66. The summed E-state index contributed by atoms with van der Waals surface area (Å²) in [7, 11) is 0. The number of aromatic nitrogens is 1. The van der Waals surface area contributed by atoms with E-state index < -0.39 is 12.0 Å². The molecule has 0 saturated carbocycles. The number of carboxylic acid groups (broad SMARTS) is 1. The lowest BCUT2D eigenvalue weighted by Gasteiger charge is -2.07. The zero-order valence-electron chi connectivity index (χ0n) is 12.0. The molecule has 2 aromatic heterocycles. The summed E-state index contributed by atoms with van der Waals surface area (Å²) in [6.07, 6.45) is 2.67. The molecule has 3 aromatic rings. The number of aliphatic imine (C=N–C) groups is 1. The van der Waals surface area contributed by atoms with Crippen LogP contribution in [0.15, 0.2) is 56.7 Å². The molecule has 8 heteroatoms. The second kappa shape index (κ2) is 6.84. The number of rotatable bonds is 5. The number of isocyanates is 1. The number of carbonyl (C=O) groups is 1. The second-order valence-electron chi connectivity index (χ2n) is 4.71. The number of carbonyl (C=O) groups excluding carboxylic acids is 1. The van der Waals surface area contributed by atoms with E-state index in [0.29, 0.717) is 10.1 Å². The number of thiophene rings is 1. The molecule has 0 spiro atoms. The Morgan fingerprint density at radius 2 is 2.08 bits per heavy atom. The number of hydrogen-bond donors (Lipinski definition) is 2. The number of pyridine rings is 1. The van der Waals surface area contributed by atoms with Crippen molar-refractivity contribution in [1.82, 2.24) is 4.98 Å². The number of nitrogens with zero attached hydrogens (tertiary/aromatic N) is 2. The summed E-state index contributed by atoms with van der Waals surface area (Å²) < 4.78 is 1.64. The van der Waals surface area contributed by atoms with Gasteiger partial charge in [0.2, 0.25) is 12.1 Å². The van der Waals surface area contributed by atoms with E-state index in [-0.39, 0.29) is 11.4 Å². The number of aromatic hydroxyl groups is 1. The molecule has 0 bridgehead atoms. The van der Waals surface area contributed by atoms with Gasteiger partial charge in [0.25, 0.3) is 0 Å². The molecular weight excluding hydrogens is 348 g/mol. The molecule has 0 aliphatic rings. The van der Waals surface area contributed by atoms with Crippen LogP contribution in [-0.2, 0) is 9.59 Å². The van der Waals surface area contributed by atoms with Gasteiger partial charge in [-0.1, -0.05) is 30.0 Å². The number of fused-ring (bicyclic) bond motifs is 1. The normalized spacial score (nSPS) is 11.8. The molecule has 0 fully saturated rings. The van der Waals surface area contributed by atoms with Crippen LogP contribution in [0.2, 0.25) is 0 Å². The lowest BCUT2D eigenvalue weighted by Crippen LogP contribution is -2.10. The molecule has 0 amide bonds. The van der Waals surface area contributed by atoms with Crippen LogP contribution in [0.1, 0.15) is 11.7 Å². The van der Waals surface area contributed by atoms with Gasteiger partial charge in [0, 0.05) is 16.5 Å². The summed E-state index contributed by atoms with van der Waals surface area (Å²) in [4.78, 5) is 29.8. The van der Waals surface area contributed by atoms with Crippen LogP contribution in [0.5, 0.6) is 5.75 Å². The van der Waals surface area contributed by atoms with E-state index in [1.54, 1.807) is 6.07 Å². The van der Waals surface area contributed by atoms with E-state index >= 15 is 0 Å². The molecule has 1 atom stereocenters. The van der Waals surface area contributed by atoms with E-state index in [1.807, 2.05) is 30.3 Å². The minimum absolute atomic E-state index is 0.174. The number of benzene rings is 1. The smallest absolute Gasteiger partial charge is 0.335 e. The second-order valence-corrected chi connectivity index (χ2v) is 7.17. The van der Waals surface area contributed by atoms with Crippen molar-refractivity contribution in [2.24, 2.45) is 4.99 Å². The van der Waals surface area contributed by atoms with Crippen LogP contribution < -0.4 is 0 Å². The van der Waals surface area contributed by atoms with E-state index in [0.717, 1.165) is 9.10 Å². The van der Waals surface area contributed by atoms with E-state index in [9.17, 15) is 14.7 Å². The fourth-order valence-electron chi connectivity index (χ4n) is 2.13. The van der Waals surface area contributed by atoms with E-state index in [4.69, 9.17) is 5.11 Å². The molecule has 120 valence electrons. The molecule has 3 rings (SSSR count). The lowest BCUT2D eigenvalue weighted by atomic mass is 10.1. The zero-order valence-corrected chi connectivity index (χ0v) is 13.7. The Morgan fingerprint density at radius 1 is 1.33 bits per heavy atom. The molecule has 0 aliphatic carbocycles. The van der Waals surface area contributed by atoms with Gasteiger partial charge in [-0.15, -0.1) is 11.3 Å². The molecule has 1 unspecified atom stereocenters. The van der Waals surface area contributed by atoms with Crippen LogP contribution >= 0.6 is 23.1 Å². The van der Waals surface area contributed by atoms with Crippen molar-refractivity contribution in [3.05, 3.63) is 48.3 Å². The molecule has 0 saturated heterocycles. The average Bonchev–Trinajstić information content (AvgIpc) is 2.98. The first-order valence-corrected chi connectivity index (χ1v) is 8.37. The van der Waals surface area contributed by atoms with Gasteiger partial charge in [-0.3, -0.25) is 4.98 Å². The van der Waals surface area contributed by atoms with Gasteiger partial charge in [0.1, 0.15) is 11.4 Å². The van der Waals surface area contributed by atoms with Crippen molar-refractivity contribution in [3.8, 4) is 5.75 Å². The SMILES string of the molecule is O=C=NC(C(=O)O)c1ncc2sc(Sc3ccccc3)cc2c1O. The molecule has 6 nitrogen and oxygen atoms in total. The first-order chi connectivity index (χ1) is 11.6. The predicted octanol–water partition coefficient (Wildman–Crippen LogP) is 3.61. The van der Waals surface area contributed by atoms with Crippen molar-refractivity contribution in [1.29, 1.82) is 0 Å². The fraction of sp³-hybridized carbons (Fsp3) is 0.0625. The zero-order chi connectivity index (χ0) is 17.1. The number of hydrogen-bond acceptors (Lipinski definition) is 7. The van der Waals surface area contributed by atoms with Crippen molar-refractivity contribution < 1.29 is 19.8 Å².